The lowest BCUT2D eigenvalue weighted by Crippen LogP contribution is -2.33. The second-order valence-corrected chi connectivity index (χ2v) is 6.57. The van der Waals surface area contributed by atoms with Crippen LogP contribution in [0, 0.1) is 13.8 Å². The third-order valence-corrected chi connectivity index (χ3v) is 4.44. The van der Waals surface area contributed by atoms with Gasteiger partial charge in [0.2, 0.25) is 0 Å². The third kappa shape index (κ3) is 4.46. The van der Waals surface area contributed by atoms with Gasteiger partial charge in [0.1, 0.15) is 0 Å². The second-order valence-electron chi connectivity index (χ2n) is 6.16. The molecule has 0 amide bonds. The molecular weight excluding hydrogens is 324 g/mol. The van der Waals surface area contributed by atoms with Crippen molar-refractivity contribution in [1.29, 1.82) is 0 Å². The summed E-state index contributed by atoms with van der Waals surface area (Å²) in [5.41, 5.74) is 5.86. The molecule has 25 heavy (non-hydrogen) atoms. The molecular formula is C22H22N2S. The van der Waals surface area contributed by atoms with Gasteiger partial charge in [-0.05, 0) is 54.9 Å². The van der Waals surface area contributed by atoms with Crippen molar-refractivity contribution in [3.8, 4) is 0 Å². The number of nitrogens with one attached hydrogen (secondary N) is 2. The molecule has 2 N–H and O–H groups in total. The molecule has 3 aromatic rings. The molecule has 0 spiro atoms. The van der Waals surface area contributed by atoms with Gasteiger partial charge in [0, 0.05) is 5.69 Å². The Kier molecular flexibility index (Phi) is 5.46. The monoisotopic (exact) mass is 346 g/mol. The van der Waals surface area contributed by atoms with Crippen molar-refractivity contribution < 1.29 is 0 Å². The Morgan fingerprint density at radius 2 is 1.44 bits per heavy atom. The minimum Gasteiger partial charge on any atom is -0.352 e. The van der Waals surface area contributed by atoms with E-state index in [1.165, 1.54) is 22.3 Å². The number of hydrogen-bond donors (Lipinski definition) is 2. The van der Waals surface area contributed by atoms with E-state index in [4.69, 9.17) is 12.2 Å². The molecule has 0 aliphatic rings. The van der Waals surface area contributed by atoms with Crippen LogP contribution in [0.2, 0.25) is 0 Å². The Hall–Kier alpha value is -2.65. The first-order valence-corrected chi connectivity index (χ1v) is 8.79. The molecule has 3 aromatic carbocycles. The van der Waals surface area contributed by atoms with E-state index in [9.17, 15) is 0 Å². The van der Waals surface area contributed by atoms with Gasteiger partial charge in [-0.2, -0.15) is 0 Å². The van der Waals surface area contributed by atoms with Crippen LogP contribution in [0.4, 0.5) is 5.69 Å². The first-order valence-electron chi connectivity index (χ1n) is 8.38. The molecule has 0 aliphatic heterocycles. The zero-order chi connectivity index (χ0) is 17.6. The molecule has 3 rings (SSSR count). The van der Waals surface area contributed by atoms with E-state index in [1.807, 2.05) is 18.2 Å². The summed E-state index contributed by atoms with van der Waals surface area (Å²) in [7, 11) is 0. The van der Waals surface area contributed by atoms with Crippen molar-refractivity contribution in [3.05, 3.63) is 101 Å². The molecule has 0 bridgehead atoms. The topological polar surface area (TPSA) is 24.1 Å². The molecule has 0 aliphatic carbocycles. The molecule has 1 atom stereocenters. The van der Waals surface area contributed by atoms with Crippen molar-refractivity contribution in [3.63, 3.8) is 0 Å². The summed E-state index contributed by atoms with van der Waals surface area (Å²) < 4.78 is 0. The summed E-state index contributed by atoms with van der Waals surface area (Å²) in [6.45, 7) is 4.20. The highest BCUT2D eigenvalue weighted by molar-refractivity contribution is 7.80. The molecule has 0 saturated heterocycles. The summed E-state index contributed by atoms with van der Waals surface area (Å²) in [4.78, 5) is 0. The smallest absolute Gasteiger partial charge is 0.171 e. The van der Waals surface area contributed by atoms with Crippen molar-refractivity contribution >= 4 is 23.0 Å². The van der Waals surface area contributed by atoms with Gasteiger partial charge in [0.25, 0.3) is 0 Å². The van der Waals surface area contributed by atoms with Crippen molar-refractivity contribution in [2.75, 3.05) is 5.32 Å². The summed E-state index contributed by atoms with van der Waals surface area (Å²) >= 11 is 5.57. The van der Waals surface area contributed by atoms with Gasteiger partial charge < -0.3 is 10.6 Å². The Labute approximate surface area is 154 Å². The van der Waals surface area contributed by atoms with Crippen LogP contribution in [0.1, 0.15) is 28.3 Å². The SMILES string of the molecule is Cc1ccc(NC(=S)NC(c2ccccc2)c2ccccc2C)cc1. The lowest BCUT2D eigenvalue weighted by molar-refractivity contribution is 0.762. The van der Waals surface area contributed by atoms with Gasteiger partial charge in [0.15, 0.2) is 5.11 Å². The number of thiocarbonyl (C=S) groups is 1. The molecule has 1 unspecified atom stereocenters. The van der Waals surface area contributed by atoms with Crippen LogP contribution in [0.25, 0.3) is 0 Å². The average molecular weight is 346 g/mol. The highest BCUT2D eigenvalue weighted by Gasteiger charge is 2.16. The zero-order valence-electron chi connectivity index (χ0n) is 14.5. The fourth-order valence-electron chi connectivity index (χ4n) is 2.83. The summed E-state index contributed by atoms with van der Waals surface area (Å²) in [5, 5.41) is 7.36. The first-order chi connectivity index (χ1) is 12.1. The summed E-state index contributed by atoms with van der Waals surface area (Å²) in [5.74, 6) is 0. The zero-order valence-corrected chi connectivity index (χ0v) is 15.3. The quantitative estimate of drug-likeness (QED) is 0.620. The molecule has 126 valence electrons. The fourth-order valence-corrected chi connectivity index (χ4v) is 3.07. The normalized spacial score (nSPS) is 11.6. The fraction of sp³-hybridized carbons (Fsp3) is 0.136. The van der Waals surface area contributed by atoms with Gasteiger partial charge in [-0.25, -0.2) is 0 Å². The highest BCUT2D eigenvalue weighted by Crippen LogP contribution is 2.25. The van der Waals surface area contributed by atoms with Crippen LogP contribution >= 0.6 is 12.2 Å². The average Bonchev–Trinajstić information content (AvgIpc) is 2.63. The Morgan fingerprint density at radius 3 is 2.12 bits per heavy atom. The van der Waals surface area contributed by atoms with Gasteiger partial charge in [-0.15, -0.1) is 0 Å². The van der Waals surface area contributed by atoms with Gasteiger partial charge >= 0.3 is 0 Å². The maximum Gasteiger partial charge on any atom is 0.171 e. The number of benzene rings is 3. The lowest BCUT2D eigenvalue weighted by atomic mass is 9.95. The molecule has 0 radical (unpaired) electrons. The maximum atomic E-state index is 5.57. The van der Waals surface area contributed by atoms with Crippen molar-refractivity contribution in [2.24, 2.45) is 0 Å². The van der Waals surface area contributed by atoms with E-state index in [0.29, 0.717) is 5.11 Å². The van der Waals surface area contributed by atoms with Crippen molar-refractivity contribution in [1.82, 2.24) is 5.32 Å². The van der Waals surface area contributed by atoms with Gasteiger partial charge in [-0.1, -0.05) is 72.3 Å². The second kappa shape index (κ2) is 7.95. The standard InChI is InChI=1S/C22H22N2S/c1-16-12-14-19(15-13-16)23-22(25)24-21(18-9-4-3-5-10-18)20-11-7-6-8-17(20)2/h3-15,21H,1-2H3,(H2,23,24,25). The Balaban J connectivity index is 1.84. The molecule has 3 heteroatoms. The van der Waals surface area contributed by atoms with Crippen LogP contribution in [-0.4, -0.2) is 5.11 Å². The number of rotatable bonds is 4. The largest absolute Gasteiger partial charge is 0.352 e. The predicted octanol–water partition coefficient (Wildman–Crippen LogP) is 5.38. The molecule has 0 aromatic heterocycles. The predicted molar refractivity (Wildman–Crippen MR) is 110 cm³/mol. The van der Waals surface area contributed by atoms with Gasteiger partial charge in [-0.3, -0.25) is 0 Å². The number of aryl methyl sites for hydroxylation is 2. The first kappa shape index (κ1) is 17.2. The molecule has 2 nitrogen and oxygen atoms in total. The molecule has 0 heterocycles. The van der Waals surface area contributed by atoms with Crippen LogP contribution in [0.3, 0.4) is 0 Å². The van der Waals surface area contributed by atoms with Crippen molar-refractivity contribution in [2.45, 2.75) is 19.9 Å². The van der Waals surface area contributed by atoms with E-state index in [1.54, 1.807) is 0 Å². The highest BCUT2D eigenvalue weighted by atomic mass is 32.1. The lowest BCUT2D eigenvalue weighted by Gasteiger charge is -2.23. The third-order valence-electron chi connectivity index (χ3n) is 4.22. The van der Waals surface area contributed by atoms with E-state index in [2.05, 4.69) is 85.1 Å². The molecule has 0 saturated carbocycles. The Bertz CT molecular complexity index is 841. The Morgan fingerprint density at radius 1 is 0.800 bits per heavy atom. The van der Waals surface area contributed by atoms with E-state index in [-0.39, 0.29) is 6.04 Å². The van der Waals surface area contributed by atoms with E-state index in [0.717, 1.165) is 5.69 Å². The van der Waals surface area contributed by atoms with E-state index >= 15 is 0 Å². The number of hydrogen-bond acceptors (Lipinski definition) is 1. The minimum atomic E-state index is 0.00727. The van der Waals surface area contributed by atoms with Crippen LogP contribution in [0.5, 0.6) is 0 Å². The van der Waals surface area contributed by atoms with Crippen LogP contribution in [-0.2, 0) is 0 Å². The minimum absolute atomic E-state index is 0.00727. The van der Waals surface area contributed by atoms with E-state index < -0.39 is 0 Å². The number of anilines is 1. The summed E-state index contributed by atoms with van der Waals surface area (Å²) in [6, 6.07) is 27.0. The van der Waals surface area contributed by atoms with Gasteiger partial charge in [0.05, 0.1) is 6.04 Å². The van der Waals surface area contributed by atoms with Crippen LogP contribution in [0.15, 0.2) is 78.9 Å². The summed E-state index contributed by atoms with van der Waals surface area (Å²) in [6.07, 6.45) is 0. The van der Waals surface area contributed by atoms with Crippen LogP contribution < -0.4 is 10.6 Å². The maximum absolute atomic E-state index is 5.57. The molecule has 0 fully saturated rings.